The fraction of sp³-hybridized carbons (Fsp3) is 0.519. The second-order valence-corrected chi connectivity index (χ2v) is 13.0. The maximum absolute atomic E-state index is 13.3. The molecule has 0 radical (unpaired) electrons. The van der Waals surface area contributed by atoms with E-state index in [4.69, 9.17) is 18.6 Å². The van der Waals surface area contributed by atoms with E-state index in [1.54, 1.807) is 6.07 Å². The fourth-order valence-electron chi connectivity index (χ4n) is 5.19. The summed E-state index contributed by atoms with van der Waals surface area (Å²) < 4.78 is 94.1. The number of carbonyl (C=O) groups excluding carboxylic acids is 1. The van der Waals surface area contributed by atoms with Gasteiger partial charge in [-0.1, -0.05) is 0 Å². The van der Waals surface area contributed by atoms with Crippen LogP contribution in [0, 0.1) is 13.8 Å². The van der Waals surface area contributed by atoms with Crippen molar-refractivity contribution in [3.63, 3.8) is 0 Å². The maximum Gasteiger partial charge on any atom is 0.306 e. The summed E-state index contributed by atoms with van der Waals surface area (Å²) >= 11 is 1.43. The zero-order valence-corrected chi connectivity index (χ0v) is 25.2. The Labute approximate surface area is 249 Å². The van der Waals surface area contributed by atoms with Crippen molar-refractivity contribution in [3.05, 3.63) is 61.9 Å². The highest BCUT2D eigenvalue weighted by Gasteiger charge is 2.30. The molecule has 0 aliphatic carbocycles. The highest BCUT2D eigenvalue weighted by molar-refractivity contribution is 7.86. The first-order valence-corrected chi connectivity index (χ1v) is 16.1. The highest BCUT2D eigenvalue weighted by atomic mass is 32.2. The number of alkyl halides is 4. The smallest absolute Gasteiger partial charge is 0.306 e. The van der Waals surface area contributed by atoms with Gasteiger partial charge >= 0.3 is 10.1 Å². The molecule has 2 aromatic heterocycles. The van der Waals surface area contributed by atoms with E-state index >= 15 is 0 Å². The summed E-state index contributed by atoms with van der Waals surface area (Å²) in [5.41, 5.74) is 2.27. The summed E-state index contributed by atoms with van der Waals surface area (Å²) in [6, 6.07) is 2.30. The standard InChI is InChI=1S/C27H30F4N4O6S2/c1-14-8-22(41-43(3,37)38)18-12-40-27(39-11-17(18)15(14)2)20-13-42-26(32-20)16-4-6-34(7-5-16)23(36)10-35-21(25(30)31)9-19(33-35)24(28)29/h8-9,13,16,24-25,27H,4-7,10-12H2,1-3H3. The molecule has 0 saturated carbocycles. The number of amides is 1. The van der Waals surface area contributed by atoms with Gasteiger partial charge in [0, 0.05) is 30.0 Å². The number of aryl methyl sites for hydroxylation is 1. The molecular formula is C27H30F4N4O6S2. The second kappa shape index (κ2) is 12.5. The quantitative estimate of drug-likeness (QED) is 0.239. The van der Waals surface area contributed by atoms with Crippen LogP contribution in [0.1, 0.15) is 82.2 Å². The average molecular weight is 647 g/mol. The predicted molar refractivity (Wildman–Crippen MR) is 147 cm³/mol. The largest absolute Gasteiger partial charge is 0.382 e. The van der Waals surface area contributed by atoms with Crippen LogP contribution in [0.2, 0.25) is 0 Å². The van der Waals surface area contributed by atoms with Crippen molar-refractivity contribution in [2.45, 2.75) is 71.5 Å². The predicted octanol–water partition coefficient (Wildman–Crippen LogP) is 5.32. The van der Waals surface area contributed by atoms with Gasteiger partial charge in [-0.05, 0) is 55.5 Å². The number of benzene rings is 1. The Kier molecular flexibility index (Phi) is 9.11. The minimum atomic E-state index is -3.75. The van der Waals surface area contributed by atoms with Crippen LogP contribution in [0.25, 0.3) is 0 Å². The molecule has 3 aromatic rings. The number of piperidine rings is 1. The van der Waals surface area contributed by atoms with Gasteiger partial charge in [0.05, 0.1) is 24.5 Å². The van der Waals surface area contributed by atoms with Gasteiger partial charge in [0.15, 0.2) is 0 Å². The Hall–Kier alpha value is -3.08. The molecular weight excluding hydrogens is 616 g/mol. The van der Waals surface area contributed by atoms with Gasteiger partial charge in [-0.25, -0.2) is 22.5 Å². The molecule has 0 bridgehead atoms. The number of hydrogen-bond donors (Lipinski definition) is 0. The van der Waals surface area contributed by atoms with E-state index in [0.717, 1.165) is 28.0 Å². The summed E-state index contributed by atoms with van der Waals surface area (Å²) in [6.07, 6.45) is -4.72. The number of hydrogen-bond acceptors (Lipinski definition) is 9. The van der Waals surface area contributed by atoms with Crippen LogP contribution in [0.15, 0.2) is 17.5 Å². The van der Waals surface area contributed by atoms with Crippen LogP contribution >= 0.6 is 11.3 Å². The molecule has 1 aromatic carbocycles. The molecule has 2 aliphatic rings. The van der Waals surface area contributed by atoms with Gasteiger partial charge in [-0.2, -0.15) is 13.5 Å². The maximum atomic E-state index is 13.3. The number of likely N-dealkylation sites (tertiary alicyclic amines) is 1. The molecule has 16 heteroatoms. The van der Waals surface area contributed by atoms with Crippen LogP contribution in [0.5, 0.6) is 5.75 Å². The minimum absolute atomic E-state index is 0.0391. The number of aromatic nitrogens is 3. The molecule has 1 fully saturated rings. The SMILES string of the molecule is Cc1cc(OS(C)(=O)=O)c2c(c1C)COC(c1csc(C3CCN(C(=O)Cn4nc(C(F)F)cc4C(F)F)CC3)n1)OC2. The van der Waals surface area contributed by atoms with Crippen LogP contribution < -0.4 is 4.18 Å². The van der Waals surface area contributed by atoms with Crippen molar-refractivity contribution in [2.24, 2.45) is 0 Å². The second-order valence-electron chi connectivity index (χ2n) is 10.5. The average Bonchev–Trinajstić information content (AvgIpc) is 3.54. The zero-order chi connectivity index (χ0) is 31.1. The number of carbonyl (C=O) groups is 1. The van der Waals surface area contributed by atoms with E-state index < -0.39 is 53.1 Å². The summed E-state index contributed by atoms with van der Waals surface area (Å²) in [4.78, 5) is 19.0. The van der Waals surface area contributed by atoms with Crippen LogP contribution in [0.4, 0.5) is 17.6 Å². The monoisotopic (exact) mass is 646 g/mol. The molecule has 1 unspecified atom stereocenters. The Morgan fingerprint density at radius 1 is 1.09 bits per heavy atom. The van der Waals surface area contributed by atoms with Crippen LogP contribution in [-0.2, 0) is 44.1 Å². The number of thiazole rings is 1. The number of nitrogens with zero attached hydrogens (tertiary/aromatic N) is 4. The van der Waals surface area contributed by atoms with Crippen molar-refractivity contribution < 1.29 is 44.4 Å². The molecule has 1 amide bonds. The van der Waals surface area contributed by atoms with Gasteiger partial charge in [0.2, 0.25) is 12.2 Å². The summed E-state index contributed by atoms with van der Waals surface area (Å²) in [5, 5.41) is 6.17. The molecule has 2 aliphatic heterocycles. The lowest BCUT2D eigenvalue weighted by Gasteiger charge is -2.31. The molecule has 1 saturated heterocycles. The number of halogens is 4. The number of fused-ring (bicyclic) bond motifs is 1. The fourth-order valence-corrected chi connectivity index (χ4v) is 6.66. The van der Waals surface area contributed by atoms with Crippen LogP contribution in [0.3, 0.4) is 0 Å². The highest BCUT2D eigenvalue weighted by Crippen LogP contribution is 2.38. The Morgan fingerprint density at radius 3 is 2.40 bits per heavy atom. The zero-order valence-electron chi connectivity index (χ0n) is 23.6. The lowest BCUT2D eigenvalue weighted by atomic mass is 9.97. The summed E-state index contributed by atoms with van der Waals surface area (Å²) in [6.45, 7) is 4.16. The Morgan fingerprint density at radius 2 is 1.77 bits per heavy atom. The molecule has 5 rings (SSSR count). The third-order valence-electron chi connectivity index (χ3n) is 7.59. The van der Waals surface area contributed by atoms with Crippen molar-refractivity contribution >= 4 is 27.4 Å². The molecule has 234 valence electrons. The van der Waals surface area contributed by atoms with Gasteiger partial charge in [0.25, 0.3) is 12.9 Å². The first-order chi connectivity index (χ1) is 20.3. The van der Waals surface area contributed by atoms with E-state index in [1.807, 2.05) is 19.2 Å². The van der Waals surface area contributed by atoms with E-state index in [9.17, 15) is 30.8 Å². The first-order valence-electron chi connectivity index (χ1n) is 13.4. The topological polar surface area (TPSA) is 113 Å². The van der Waals surface area contributed by atoms with Gasteiger partial charge < -0.3 is 18.6 Å². The van der Waals surface area contributed by atoms with E-state index in [-0.39, 0.29) is 24.9 Å². The number of rotatable bonds is 8. The molecule has 0 N–H and O–H groups in total. The van der Waals surface area contributed by atoms with Crippen molar-refractivity contribution in [2.75, 3.05) is 19.3 Å². The molecule has 4 heterocycles. The van der Waals surface area contributed by atoms with E-state index in [1.165, 1.54) is 16.2 Å². The van der Waals surface area contributed by atoms with Crippen molar-refractivity contribution in [1.82, 2.24) is 19.7 Å². The third-order valence-corrected chi connectivity index (χ3v) is 9.10. The van der Waals surface area contributed by atoms with Gasteiger partial charge in [-0.3, -0.25) is 9.48 Å². The van der Waals surface area contributed by atoms with E-state index in [2.05, 4.69) is 5.10 Å². The van der Waals surface area contributed by atoms with Crippen molar-refractivity contribution in [1.29, 1.82) is 0 Å². The lowest BCUT2D eigenvalue weighted by Crippen LogP contribution is -2.40. The molecule has 10 nitrogen and oxygen atoms in total. The summed E-state index contributed by atoms with van der Waals surface area (Å²) in [5.74, 6) is -0.233. The van der Waals surface area contributed by atoms with Gasteiger partial charge in [-0.15, -0.1) is 11.3 Å². The normalized spacial score (nSPS) is 18.3. The Bertz CT molecular complexity index is 1600. The van der Waals surface area contributed by atoms with Crippen molar-refractivity contribution in [3.8, 4) is 5.75 Å². The molecule has 43 heavy (non-hydrogen) atoms. The first kappa shape index (κ1) is 31.3. The summed E-state index contributed by atoms with van der Waals surface area (Å²) in [7, 11) is -3.75. The third kappa shape index (κ3) is 7.02. The number of ether oxygens (including phenoxy) is 2. The van der Waals surface area contributed by atoms with Gasteiger partial charge in [0.1, 0.15) is 29.4 Å². The minimum Gasteiger partial charge on any atom is -0.382 e. The molecule has 0 spiro atoms. The van der Waals surface area contributed by atoms with Crippen LogP contribution in [-0.4, -0.2) is 53.3 Å². The van der Waals surface area contributed by atoms with E-state index in [0.29, 0.717) is 47.9 Å². The lowest BCUT2D eigenvalue weighted by molar-refractivity contribution is -0.155. The molecule has 1 atom stereocenters. The Balaban J connectivity index is 1.21.